The average molecular weight is 352 g/mol. The summed E-state index contributed by atoms with van der Waals surface area (Å²) in [6.07, 6.45) is 0. The van der Waals surface area contributed by atoms with Gasteiger partial charge in [-0.1, -0.05) is 17.7 Å². The van der Waals surface area contributed by atoms with E-state index in [4.69, 9.17) is 4.74 Å². The number of methoxy groups -OCH3 is 1. The first-order valence-electron chi connectivity index (χ1n) is 7.13. The second kappa shape index (κ2) is 5.71. The maximum absolute atomic E-state index is 13.0. The zero-order valence-electron chi connectivity index (χ0n) is 13.3. The fourth-order valence-electron chi connectivity index (χ4n) is 2.40. The van der Waals surface area contributed by atoms with Crippen molar-refractivity contribution in [3.8, 4) is 6.01 Å². The van der Waals surface area contributed by atoms with Crippen LogP contribution >= 0.6 is 0 Å². The van der Waals surface area contributed by atoms with Gasteiger partial charge >= 0.3 is 11.8 Å². The summed E-state index contributed by atoms with van der Waals surface area (Å²) in [6.45, 7) is 3.81. The lowest BCUT2D eigenvalue weighted by atomic mass is 10.2. The van der Waals surface area contributed by atoms with E-state index in [0.29, 0.717) is 5.69 Å². The van der Waals surface area contributed by atoms with Crippen LogP contribution in [-0.4, -0.2) is 36.6 Å². The highest BCUT2D eigenvalue weighted by molar-refractivity contribution is 7.93. The SMILES string of the molecule is CCN(c1ccc(C)cc1)S(=O)(=O)c1nc(OC)n2c(=O)o[nH]c12. The molecule has 24 heavy (non-hydrogen) atoms. The van der Waals surface area contributed by atoms with Crippen molar-refractivity contribution in [2.75, 3.05) is 18.0 Å². The number of imidazole rings is 1. The van der Waals surface area contributed by atoms with Crippen molar-refractivity contribution in [2.45, 2.75) is 18.9 Å². The Morgan fingerprint density at radius 1 is 1.33 bits per heavy atom. The number of hydrogen-bond donors (Lipinski definition) is 1. The number of nitrogens with zero attached hydrogens (tertiary/aromatic N) is 3. The second-order valence-electron chi connectivity index (χ2n) is 5.06. The van der Waals surface area contributed by atoms with Crippen molar-refractivity contribution in [3.05, 3.63) is 40.4 Å². The summed E-state index contributed by atoms with van der Waals surface area (Å²) in [5.41, 5.74) is 1.42. The monoisotopic (exact) mass is 352 g/mol. The number of sulfonamides is 1. The molecule has 1 N–H and O–H groups in total. The molecule has 0 atom stereocenters. The minimum atomic E-state index is -4.03. The van der Waals surface area contributed by atoms with Gasteiger partial charge in [-0.15, -0.1) is 0 Å². The highest BCUT2D eigenvalue weighted by atomic mass is 32.2. The minimum absolute atomic E-state index is 0.0811. The van der Waals surface area contributed by atoms with Crippen molar-refractivity contribution in [1.82, 2.24) is 14.5 Å². The first-order chi connectivity index (χ1) is 11.4. The van der Waals surface area contributed by atoms with Gasteiger partial charge < -0.3 is 9.26 Å². The molecule has 0 bridgehead atoms. The van der Waals surface area contributed by atoms with Crippen molar-refractivity contribution in [3.63, 3.8) is 0 Å². The predicted molar refractivity (Wildman–Crippen MR) is 86.0 cm³/mol. The zero-order chi connectivity index (χ0) is 17.5. The third kappa shape index (κ3) is 2.35. The van der Waals surface area contributed by atoms with Crippen LogP contribution in [0.2, 0.25) is 0 Å². The molecular weight excluding hydrogens is 336 g/mol. The average Bonchev–Trinajstić information content (AvgIpc) is 3.11. The second-order valence-corrected chi connectivity index (χ2v) is 6.84. The zero-order valence-corrected chi connectivity index (χ0v) is 14.1. The Balaban J connectivity index is 2.19. The standard InChI is InChI=1S/C14H16N4O5S/c1-4-17(10-7-5-9(2)6-8-10)24(20,21)12-11-16-23-14(19)18(11)13(15-12)22-3/h5-8,16H,4H2,1-3H3. The van der Waals surface area contributed by atoms with Crippen LogP contribution in [0.3, 0.4) is 0 Å². The summed E-state index contributed by atoms with van der Waals surface area (Å²) in [5, 5.41) is 1.94. The summed E-state index contributed by atoms with van der Waals surface area (Å²) in [6, 6.07) is 6.88. The van der Waals surface area contributed by atoms with Gasteiger partial charge in [0, 0.05) is 6.54 Å². The van der Waals surface area contributed by atoms with Gasteiger partial charge in [0.2, 0.25) is 5.03 Å². The van der Waals surface area contributed by atoms with Gasteiger partial charge in [-0.25, -0.2) is 4.79 Å². The lowest BCUT2D eigenvalue weighted by Gasteiger charge is -2.21. The van der Waals surface area contributed by atoms with Crippen molar-refractivity contribution in [2.24, 2.45) is 0 Å². The molecule has 128 valence electrons. The van der Waals surface area contributed by atoms with Crippen LogP contribution in [0.4, 0.5) is 5.69 Å². The van der Waals surface area contributed by atoms with E-state index in [9.17, 15) is 13.2 Å². The Kier molecular flexibility index (Phi) is 3.84. The number of anilines is 1. The lowest BCUT2D eigenvalue weighted by molar-refractivity contribution is 0.351. The summed E-state index contributed by atoms with van der Waals surface area (Å²) in [5.74, 6) is -0.811. The molecule has 0 aliphatic rings. The van der Waals surface area contributed by atoms with Crippen LogP contribution in [0.1, 0.15) is 12.5 Å². The van der Waals surface area contributed by atoms with Gasteiger partial charge in [0.25, 0.3) is 10.0 Å². The van der Waals surface area contributed by atoms with Crippen LogP contribution in [0.25, 0.3) is 5.65 Å². The molecule has 3 aromatic rings. The van der Waals surface area contributed by atoms with E-state index >= 15 is 0 Å². The van der Waals surface area contributed by atoms with E-state index in [2.05, 4.69) is 14.7 Å². The van der Waals surface area contributed by atoms with Crippen LogP contribution in [0.15, 0.2) is 38.6 Å². The molecule has 9 nitrogen and oxygen atoms in total. The van der Waals surface area contributed by atoms with Crippen molar-refractivity contribution in [1.29, 1.82) is 0 Å². The quantitative estimate of drug-likeness (QED) is 0.737. The Bertz CT molecular complexity index is 1030. The Morgan fingerprint density at radius 2 is 2.00 bits per heavy atom. The van der Waals surface area contributed by atoms with E-state index < -0.39 is 15.8 Å². The van der Waals surface area contributed by atoms with Crippen molar-refractivity contribution < 1.29 is 17.7 Å². The molecule has 0 saturated carbocycles. The molecule has 10 heteroatoms. The van der Waals surface area contributed by atoms with Gasteiger partial charge in [-0.05, 0) is 26.0 Å². The van der Waals surface area contributed by atoms with Gasteiger partial charge in [-0.2, -0.15) is 23.0 Å². The molecule has 3 rings (SSSR count). The molecule has 0 fully saturated rings. The number of H-pyrrole nitrogens is 1. The lowest BCUT2D eigenvalue weighted by Crippen LogP contribution is -2.31. The van der Waals surface area contributed by atoms with E-state index in [1.165, 1.54) is 11.4 Å². The molecule has 2 heterocycles. The van der Waals surface area contributed by atoms with Crippen LogP contribution in [0.5, 0.6) is 6.01 Å². The van der Waals surface area contributed by atoms with Crippen LogP contribution < -0.4 is 14.8 Å². The number of aromatic nitrogens is 3. The highest BCUT2D eigenvalue weighted by Gasteiger charge is 2.32. The molecule has 0 saturated heterocycles. The number of benzene rings is 1. The maximum Gasteiger partial charge on any atom is 0.448 e. The highest BCUT2D eigenvalue weighted by Crippen LogP contribution is 2.27. The van der Waals surface area contributed by atoms with Crippen molar-refractivity contribution >= 4 is 21.4 Å². The van der Waals surface area contributed by atoms with Gasteiger partial charge in [0.15, 0.2) is 5.65 Å². The molecule has 0 radical (unpaired) electrons. The summed E-state index contributed by atoms with van der Waals surface area (Å²) < 4.78 is 37.8. The molecular formula is C14H16N4O5S. The smallest absolute Gasteiger partial charge is 0.448 e. The van der Waals surface area contributed by atoms with Crippen LogP contribution in [0, 0.1) is 6.92 Å². The molecule has 0 spiro atoms. The third-order valence-corrected chi connectivity index (χ3v) is 5.38. The number of ether oxygens (including phenoxy) is 1. The predicted octanol–water partition coefficient (Wildman–Crippen LogP) is 1.15. The number of aryl methyl sites for hydroxylation is 1. The fraction of sp³-hybridized carbons (Fsp3) is 0.286. The van der Waals surface area contributed by atoms with Gasteiger partial charge in [0.05, 0.1) is 12.8 Å². The minimum Gasteiger partial charge on any atom is -0.468 e. The summed E-state index contributed by atoms with van der Waals surface area (Å²) in [7, 11) is -2.74. The summed E-state index contributed by atoms with van der Waals surface area (Å²) >= 11 is 0. The number of rotatable bonds is 5. The normalized spacial score (nSPS) is 11.8. The van der Waals surface area contributed by atoms with Gasteiger partial charge in [-0.3, -0.25) is 4.31 Å². The molecule has 0 aliphatic heterocycles. The van der Waals surface area contributed by atoms with E-state index in [-0.39, 0.29) is 23.2 Å². The first kappa shape index (κ1) is 16.1. The first-order valence-corrected chi connectivity index (χ1v) is 8.57. The maximum atomic E-state index is 13.0. The number of aromatic amines is 1. The molecule has 0 amide bonds. The van der Waals surface area contributed by atoms with Crippen LogP contribution in [-0.2, 0) is 10.0 Å². The molecule has 0 unspecified atom stereocenters. The molecule has 0 aliphatic carbocycles. The number of nitrogens with one attached hydrogen (secondary N) is 1. The van der Waals surface area contributed by atoms with Gasteiger partial charge in [0.1, 0.15) is 0 Å². The van der Waals surface area contributed by atoms with E-state index in [1.54, 1.807) is 19.1 Å². The molecule has 1 aromatic carbocycles. The summed E-state index contributed by atoms with van der Waals surface area (Å²) in [4.78, 5) is 15.6. The fourth-order valence-corrected chi connectivity index (χ4v) is 3.92. The Morgan fingerprint density at radius 3 is 2.58 bits per heavy atom. The molecule has 2 aromatic heterocycles. The topological polar surface area (TPSA) is 110 Å². The third-order valence-electron chi connectivity index (χ3n) is 3.56. The number of hydrogen-bond acceptors (Lipinski definition) is 6. The Hall–Kier alpha value is -2.75. The number of fused-ring (bicyclic) bond motifs is 1. The van der Waals surface area contributed by atoms with E-state index in [1.807, 2.05) is 19.1 Å². The largest absolute Gasteiger partial charge is 0.468 e. The van der Waals surface area contributed by atoms with E-state index in [0.717, 1.165) is 9.96 Å². The Labute approximate surface area is 137 Å².